The van der Waals surface area contributed by atoms with E-state index in [0.29, 0.717) is 6.54 Å². The average Bonchev–Trinajstić information content (AvgIpc) is 2.56. The van der Waals surface area contributed by atoms with Crippen LogP contribution in [0.3, 0.4) is 0 Å². The third-order valence-corrected chi connectivity index (χ3v) is 5.23. The molecule has 2 atom stereocenters. The lowest BCUT2D eigenvalue weighted by atomic mass is 9.76. The number of likely N-dealkylation sites (tertiary alicyclic amines) is 1. The first-order valence-corrected chi connectivity index (χ1v) is 8.85. The molecule has 1 saturated carbocycles. The summed E-state index contributed by atoms with van der Waals surface area (Å²) in [5, 5.41) is 1.74. The van der Waals surface area contributed by atoms with Crippen molar-refractivity contribution in [3.63, 3.8) is 0 Å². The van der Waals surface area contributed by atoms with Crippen LogP contribution in [0, 0.1) is 11.8 Å². The van der Waals surface area contributed by atoms with Crippen LogP contribution in [-0.4, -0.2) is 54.8 Å². The maximum absolute atomic E-state index is 12.8. The number of carbonyl (C=O) groups is 2. The average molecular weight is 309 g/mol. The van der Waals surface area contributed by atoms with E-state index in [9.17, 15) is 9.59 Å². The molecule has 1 aliphatic carbocycles. The minimum Gasteiger partial charge on any atom is -0.302 e. The van der Waals surface area contributed by atoms with Crippen molar-refractivity contribution < 1.29 is 9.59 Å². The Morgan fingerprint density at radius 2 is 1.68 bits per heavy atom. The van der Waals surface area contributed by atoms with Crippen molar-refractivity contribution in [2.75, 3.05) is 33.2 Å². The largest absolute Gasteiger partial charge is 0.302 e. The van der Waals surface area contributed by atoms with Gasteiger partial charge in [-0.2, -0.15) is 0 Å². The second-order valence-corrected chi connectivity index (χ2v) is 6.72. The number of ketones is 1. The van der Waals surface area contributed by atoms with E-state index in [1.54, 1.807) is 19.0 Å². The lowest BCUT2D eigenvalue weighted by Gasteiger charge is -2.34. The summed E-state index contributed by atoms with van der Waals surface area (Å²) in [5.74, 6) is 0.0803. The topological polar surface area (TPSA) is 52.6 Å². The van der Waals surface area contributed by atoms with Gasteiger partial charge in [-0.25, -0.2) is 5.43 Å². The van der Waals surface area contributed by atoms with Crippen molar-refractivity contribution in [3.8, 4) is 0 Å². The van der Waals surface area contributed by atoms with E-state index in [1.807, 2.05) is 0 Å². The fourth-order valence-electron chi connectivity index (χ4n) is 3.87. The normalized spacial score (nSPS) is 26.6. The highest BCUT2D eigenvalue weighted by Gasteiger charge is 2.36. The van der Waals surface area contributed by atoms with Gasteiger partial charge in [0.15, 0.2) is 0 Å². The molecule has 5 heteroatoms. The summed E-state index contributed by atoms with van der Waals surface area (Å²) in [5.41, 5.74) is 3.04. The van der Waals surface area contributed by atoms with Crippen LogP contribution in [0.2, 0.25) is 0 Å². The van der Waals surface area contributed by atoms with Crippen molar-refractivity contribution in [2.45, 2.75) is 51.9 Å². The molecule has 1 N–H and O–H groups in total. The standard InChI is InChI=1S/C17H31N3O2/c1-14(21)15-8-4-5-9-16(15)17(22)20(18-2)13-12-19-10-6-3-7-11-19/h15-16,18H,3-13H2,1-2H3. The summed E-state index contributed by atoms with van der Waals surface area (Å²) in [6.07, 6.45) is 7.71. The lowest BCUT2D eigenvalue weighted by Crippen LogP contribution is -2.50. The minimum absolute atomic E-state index is 0.0768. The molecule has 126 valence electrons. The molecule has 2 unspecified atom stereocenters. The molecule has 5 nitrogen and oxygen atoms in total. The van der Waals surface area contributed by atoms with Crippen molar-refractivity contribution in [1.29, 1.82) is 0 Å². The number of carbonyl (C=O) groups excluding carboxylic acids is 2. The van der Waals surface area contributed by atoms with Gasteiger partial charge in [0.25, 0.3) is 0 Å². The summed E-state index contributed by atoms with van der Waals surface area (Å²) in [6, 6.07) is 0. The molecule has 1 amide bonds. The highest BCUT2D eigenvalue weighted by molar-refractivity contribution is 5.87. The zero-order chi connectivity index (χ0) is 15.9. The first-order chi connectivity index (χ1) is 10.6. The molecule has 1 heterocycles. The Morgan fingerprint density at radius 3 is 2.27 bits per heavy atom. The number of amides is 1. The molecule has 2 aliphatic rings. The molecule has 1 saturated heterocycles. The Hall–Kier alpha value is -0.940. The van der Waals surface area contributed by atoms with Crippen molar-refractivity contribution in [1.82, 2.24) is 15.3 Å². The Morgan fingerprint density at radius 1 is 1.05 bits per heavy atom. The van der Waals surface area contributed by atoms with Gasteiger partial charge in [-0.3, -0.25) is 14.6 Å². The van der Waals surface area contributed by atoms with Crippen molar-refractivity contribution in [3.05, 3.63) is 0 Å². The number of rotatable bonds is 6. The quantitative estimate of drug-likeness (QED) is 0.761. The molecule has 0 aromatic carbocycles. The van der Waals surface area contributed by atoms with Crippen LogP contribution in [0.25, 0.3) is 0 Å². The second-order valence-electron chi connectivity index (χ2n) is 6.72. The van der Waals surface area contributed by atoms with Crippen LogP contribution < -0.4 is 5.43 Å². The fourth-order valence-corrected chi connectivity index (χ4v) is 3.87. The van der Waals surface area contributed by atoms with E-state index >= 15 is 0 Å². The molecule has 2 fully saturated rings. The number of hydrogen-bond donors (Lipinski definition) is 1. The molecule has 0 aromatic heterocycles. The fraction of sp³-hybridized carbons (Fsp3) is 0.882. The first kappa shape index (κ1) is 17.4. The van der Waals surface area contributed by atoms with E-state index in [0.717, 1.165) is 45.3 Å². The number of hydrogen-bond acceptors (Lipinski definition) is 4. The number of nitrogens with one attached hydrogen (secondary N) is 1. The van der Waals surface area contributed by atoms with Gasteiger partial charge in [0.2, 0.25) is 5.91 Å². The molecular formula is C17H31N3O2. The zero-order valence-electron chi connectivity index (χ0n) is 14.1. The predicted octanol–water partition coefficient (Wildman–Crippen LogP) is 1.83. The molecule has 22 heavy (non-hydrogen) atoms. The van der Waals surface area contributed by atoms with Crippen LogP contribution in [-0.2, 0) is 9.59 Å². The van der Waals surface area contributed by atoms with Gasteiger partial charge in [0.05, 0.1) is 6.54 Å². The molecule has 0 radical (unpaired) electrons. The third-order valence-electron chi connectivity index (χ3n) is 5.23. The number of hydrazine groups is 1. The van der Waals surface area contributed by atoms with Crippen molar-refractivity contribution >= 4 is 11.7 Å². The van der Waals surface area contributed by atoms with Gasteiger partial charge in [0, 0.05) is 25.4 Å². The number of nitrogens with zero attached hydrogens (tertiary/aromatic N) is 2. The highest BCUT2D eigenvalue weighted by atomic mass is 16.2. The van der Waals surface area contributed by atoms with Crippen molar-refractivity contribution in [2.24, 2.45) is 11.8 Å². The highest BCUT2D eigenvalue weighted by Crippen LogP contribution is 2.31. The molecule has 0 aromatic rings. The third kappa shape index (κ3) is 4.53. The van der Waals surface area contributed by atoms with Crippen LogP contribution in [0.1, 0.15) is 51.9 Å². The summed E-state index contributed by atoms with van der Waals surface area (Å²) < 4.78 is 0. The summed E-state index contributed by atoms with van der Waals surface area (Å²) >= 11 is 0. The SMILES string of the molecule is CNN(CCN1CCCCC1)C(=O)C1CCCCC1C(C)=O. The second kappa shape index (κ2) is 8.63. The van der Waals surface area contributed by atoms with Gasteiger partial charge >= 0.3 is 0 Å². The van der Waals surface area contributed by atoms with Crippen LogP contribution in [0.5, 0.6) is 0 Å². The maximum atomic E-state index is 12.8. The van der Waals surface area contributed by atoms with E-state index in [2.05, 4.69) is 10.3 Å². The molecule has 0 bridgehead atoms. The van der Waals surface area contributed by atoms with Gasteiger partial charge in [0.1, 0.15) is 5.78 Å². The number of piperidine rings is 1. The molecule has 0 spiro atoms. The number of Topliss-reactive ketones (excluding diaryl/α,β-unsaturated/α-hetero) is 1. The van der Waals surface area contributed by atoms with Gasteiger partial charge in [-0.05, 0) is 45.7 Å². The van der Waals surface area contributed by atoms with Gasteiger partial charge < -0.3 is 4.90 Å². The van der Waals surface area contributed by atoms with E-state index in [-0.39, 0.29) is 23.5 Å². The van der Waals surface area contributed by atoms with Gasteiger partial charge in [-0.15, -0.1) is 0 Å². The Bertz CT molecular complexity index is 380. The smallest absolute Gasteiger partial charge is 0.240 e. The summed E-state index contributed by atoms with van der Waals surface area (Å²) in [4.78, 5) is 27.1. The van der Waals surface area contributed by atoms with Gasteiger partial charge in [-0.1, -0.05) is 19.3 Å². The maximum Gasteiger partial charge on any atom is 0.240 e. The summed E-state index contributed by atoms with van der Waals surface area (Å²) in [6.45, 7) is 5.55. The van der Waals surface area contributed by atoms with Crippen LogP contribution in [0.15, 0.2) is 0 Å². The predicted molar refractivity (Wildman–Crippen MR) is 87.2 cm³/mol. The first-order valence-electron chi connectivity index (χ1n) is 8.85. The molecule has 1 aliphatic heterocycles. The Kier molecular flexibility index (Phi) is 6.83. The minimum atomic E-state index is -0.125. The monoisotopic (exact) mass is 309 g/mol. The Balaban J connectivity index is 1.90. The van der Waals surface area contributed by atoms with E-state index in [1.165, 1.54) is 19.3 Å². The Labute approximate surface area is 134 Å². The van der Waals surface area contributed by atoms with E-state index in [4.69, 9.17) is 0 Å². The molecular weight excluding hydrogens is 278 g/mol. The van der Waals surface area contributed by atoms with Crippen LogP contribution in [0.4, 0.5) is 0 Å². The summed E-state index contributed by atoms with van der Waals surface area (Å²) in [7, 11) is 1.81. The van der Waals surface area contributed by atoms with Crippen LogP contribution >= 0.6 is 0 Å². The molecule has 2 rings (SSSR count). The lowest BCUT2D eigenvalue weighted by molar-refractivity contribution is -0.145. The zero-order valence-corrected chi connectivity index (χ0v) is 14.1. The van der Waals surface area contributed by atoms with E-state index < -0.39 is 0 Å².